The third-order valence-electron chi connectivity index (χ3n) is 4.85. The summed E-state index contributed by atoms with van der Waals surface area (Å²) in [6.45, 7) is 5.22. The van der Waals surface area contributed by atoms with Gasteiger partial charge in [-0.25, -0.2) is 4.99 Å². The zero-order valence-corrected chi connectivity index (χ0v) is 17.7. The van der Waals surface area contributed by atoms with Crippen molar-refractivity contribution in [3.63, 3.8) is 0 Å². The Bertz CT molecular complexity index is 846. The van der Waals surface area contributed by atoms with E-state index in [-0.39, 0.29) is 12.5 Å². The summed E-state index contributed by atoms with van der Waals surface area (Å²) in [5.74, 6) is 2.85. The van der Waals surface area contributed by atoms with Gasteiger partial charge in [0.25, 0.3) is 0 Å². The lowest BCUT2D eigenvalue weighted by atomic mass is 10.2. The van der Waals surface area contributed by atoms with Crippen LogP contribution >= 0.6 is 0 Å². The van der Waals surface area contributed by atoms with E-state index in [9.17, 15) is 4.79 Å². The van der Waals surface area contributed by atoms with Crippen LogP contribution in [-0.4, -0.2) is 50.1 Å². The molecule has 7 heteroatoms. The lowest BCUT2D eigenvalue weighted by molar-refractivity contribution is -0.128. The van der Waals surface area contributed by atoms with E-state index in [0.29, 0.717) is 24.0 Å². The minimum Gasteiger partial charge on any atom is -0.493 e. The van der Waals surface area contributed by atoms with Crippen molar-refractivity contribution in [2.75, 3.05) is 33.3 Å². The van der Waals surface area contributed by atoms with Crippen LogP contribution in [0.4, 0.5) is 0 Å². The van der Waals surface area contributed by atoms with E-state index < -0.39 is 0 Å². The van der Waals surface area contributed by atoms with E-state index in [4.69, 9.17) is 9.47 Å². The molecule has 0 aromatic heterocycles. The number of methoxy groups -OCH3 is 1. The highest BCUT2D eigenvalue weighted by atomic mass is 16.5. The van der Waals surface area contributed by atoms with Crippen LogP contribution < -0.4 is 20.1 Å². The maximum Gasteiger partial charge on any atom is 0.241 e. The second-order valence-corrected chi connectivity index (χ2v) is 7.03. The fourth-order valence-electron chi connectivity index (χ4n) is 3.24. The van der Waals surface area contributed by atoms with Gasteiger partial charge in [-0.1, -0.05) is 24.3 Å². The third kappa shape index (κ3) is 6.14. The smallest absolute Gasteiger partial charge is 0.241 e. The third-order valence-corrected chi connectivity index (χ3v) is 4.85. The van der Waals surface area contributed by atoms with Crippen LogP contribution in [0.5, 0.6) is 17.2 Å². The number of carbonyl (C=O) groups is 1. The number of aliphatic imine (C=N–C) groups is 1. The Morgan fingerprint density at radius 1 is 1.03 bits per heavy atom. The summed E-state index contributed by atoms with van der Waals surface area (Å²) in [5.41, 5.74) is 1.05. The van der Waals surface area contributed by atoms with Gasteiger partial charge in [-0.05, 0) is 49.6 Å². The molecule has 7 nitrogen and oxygen atoms in total. The summed E-state index contributed by atoms with van der Waals surface area (Å²) < 4.78 is 11.2. The molecule has 0 radical (unpaired) electrons. The van der Waals surface area contributed by atoms with E-state index in [0.717, 1.165) is 43.8 Å². The summed E-state index contributed by atoms with van der Waals surface area (Å²) in [4.78, 5) is 18.7. The molecule has 30 heavy (non-hydrogen) atoms. The van der Waals surface area contributed by atoms with Crippen LogP contribution in [-0.2, 0) is 11.3 Å². The monoisotopic (exact) mass is 410 g/mol. The molecule has 1 heterocycles. The largest absolute Gasteiger partial charge is 0.493 e. The molecular weight excluding hydrogens is 380 g/mol. The van der Waals surface area contributed by atoms with Gasteiger partial charge in [-0.2, -0.15) is 0 Å². The molecule has 0 aliphatic carbocycles. The van der Waals surface area contributed by atoms with Crippen molar-refractivity contribution >= 4 is 11.9 Å². The van der Waals surface area contributed by atoms with Crippen molar-refractivity contribution in [1.82, 2.24) is 15.5 Å². The van der Waals surface area contributed by atoms with E-state index in [1.807, 2.05) is 60.4 Å². The lowest BCUT2D eigenvalue weighted by Crippen LogP contribution is -2.44. The first kappa shape index (κ1) is 21.5. The van der Waals surface area contributed by atoms with Crippen LogP contribution in [0, 0.1) is 0 Å². The quantitative estimate of drug-likeness (QED) is 0.517. The Morgan fingerprint density at radius 2 is 1.73 bits per heavy atom. The Balaban J connectivity index is 1.55. The number of nitrogens with zero attached hydrogens (tertiary/aromatic N) is 2. The minimum absolute atomic E-state index is 0.121. The van der Waals surface area contributed by atoms with Gasteiger partial charge in [0.2, 0.25) is 5.91 Å². The van der Waals surface area contributed by atoms with Crippen LogP contribution in [0.15, 0.2) is 53.5 Å². The second kappa shape index (κ2) is 11.1. The number of amides is 1. The summed E-state index contributed by atoms with van der Waals surface area (Å²) in [7, 11) is 1.62. The highest BCUT2D eigenvalue weighted by Crippen LogP contribution is 2.30. The van der Waals surface area contributed by atoms with E-state index in [2.05, 4.69) is 15.6 Å². The van der Waals surface area contributed by atoms with Crippen molar-refractivity contribution in [2.45, 2.75) is 26.3 Å². The van der Waals surface area contributed by atoms with Crippen molar-refractivity contribution in [3.05, 3.63) is 54.1 Å². The summed E-state index contributed by atoms with van der Waals surface area (Å²) in [6.07, 6.45) is 2.19. The molecule has 2 aromatic rings. The maximum atomic E-state index is 12.2. The van der Waals surface area contributed by atoms with Gasteiger partial charge in [0.05, 0.1) is 20.2 Å². The number of guanidine groups is 1. The molecule has 160 valence electrons. The highest BCUT2D eigenvalue weighted by molar-refractivity contribution is 5.86. The Labute approximate surface area is 178 Å². The number of hydrogen-bond acceptors (Lipinski definition) is 4. The van der Waals surface area contributed by atoms with Crippen molar-refractivity contribution in [3.8, 4) is 17.2 Å². The Morgan fingerprint density at radius 3 is 2.40 bits per heavy atom. The minimum atomic E-state index is 0.121. The number of para-hydroxylation sites is 2. The summed E-state index contributed by atoms with van der Waals surface area (Å²) in [6, 6.07) is 15.3. The van der Waals surface area contributed by atoms with E-state index >= 15 is 0 Å². The zero-order valence-electron chi connectivity index (χ0n) is 17.7. The molecule has 2 aromatic carbocycles. The average Bonchev–Trinajstić information content (AvgIpc) is 3.32. The number of carbonyl (C=O) groups excluding carboxylic acids is 1. The maximum absolute atomic E-state index is 12.2. The number of rotatable bonds is 8. The van der Waals surface area contributed by atoms with Crippen LogP contribution in [0.3, 0.4) is 0 Å². The van der Waals surface area contributed by atoms with Crippen LogP contribution in [0.25, 0.3) is 0 Å². The molecule has 0 saturated carbocycles. The topological polar surface area (TPSA) is 75.2 Å². The van der Waals surface area contributed by atoms with Crippen LogP contribution in [0.1, 0.15) is 25.3 Å². The standard InChI is InChI=1S/C23H30N4O3/c1-3-24-23(26-17-22(28)27-14-6-7-15-27)25-16-18-10-12-19(13-11-18)30-21-9-5-4-8-20(21)29-2/h4-5,8-13H,3,6-7,14-17H2,1-2H3,(H2,24,25,26). The molecule has 2 N–H and O–H groups in total. The fraction of sp³-hybridized carbons (Fsp3) is 0.391. The lowest BCUT2D eigenvalue weighted by Gasteiger charge is -2.17. The molecule has 1 fully saturated rings. The van der Waals surface area contributed by atoms with Gasteiger partial charge in [-0.3, -0.25) is 4.79 Å². The molecule has 0 unspecified atom stereocenters. The molecule has 1 aliphatic heterocycles. The van der Waals surface area contributed by atoms with Crippen molar-refractivity contribution in [1.29, 1.82) is 0 Å². The molecule has 0 spiro atoms. The predicted octanol–water partition coefficient (Wildman–Crippen LogP) is 3.17. The van der Waals surface area contributed by atoms with Gasteiger partial charge in [0.1, 0.15) is 5.75 Å². The first-order valence-corrected chi connectivity index (χ1v) is 10.4. The highest BCUT2D eigenvalue weighted by Gasteiger charge is 2.17. The van der Waals surface area contributed by atoms with E-state index in [1.165, 1.54) is 0 Å². The summed E-state index contributed by atoms with van der Waals surface area (Å²) in [5, 5.41) is 6.32. The fourth-order valence-corrected chi connectivity index (χ4v) is 3.24. The normalized spacial score (nSPS) is 13.8. The second-order valence-electron chi connectivity index (χ2n) is 7.03. The first-order chi connectivity index (χ1) is 14.7. The number of likely N-dealkylation sites (tertiary alicyclic amines) is 1. The van der Waals surface area contributed by atoms with Crippen molar-refractivity contribution in [2.24, 2.45) is 4.99 Å². The Hall–Kier alpha value is -3.22. The van der Waals surface area contributed by atoms with Crippen molar-refractivity contribution < 1.29 is 14.3 Å². The molecule has 1 amide bonds. The summed E-state index contributed by atoms with van der Waals surface area (Å²) >= 11 is 0. The molecule has 1 saturated heterocycles. The molecule has 0 atom stereocenters. The van der Waals surface area contributed by atoms with Gasteiger partial charge < -0.3 is 25.0 Å². The predicted molar refractivity (Wildman–Crippen MR) is 118 cm³/mol. The number of hydrogen-bond donors (Lipinski definition) is 2. The van der Waals surface area contributed by atoms with Gasteiger partial charge in [0.15, 0.2) is 17.5 Å². The van der Waals surface area contributed by atoms with E-state index in [1.54, 1.807) is 7.11 Å². The SMILES string of the molecule is CCNC(=NCc1ccc(Oc2ccccc2OC)cc1)NCC(=O)N1CCCC1. The number of nitrogens with one attached hydrogen (secondary N) is 2. The first-order valence-electron chi connectivity index (χ1n) is 10.4. The Kier molecular flexibility index (Phi) is 7.94. The molecule has 1 aliphatic rings. The average molecular weight is 411 g/mol. The van der Waals surface area contributed by atoms with Crippen LogP contribution in [0.2, 0.25) is 0 Å². The van der Waals surface area contributed by atoms with Gasteiger partial charge in [0, 0.05) is 19.6 Å². The number of ether oxygens (including phenoxy) is 2. The zero-order chi connectivity index (χ0) is 21.2. The number of benzene rings is 2. The van der Waals surface area contributed by atoms with Gasteiger partial charge >= 0.3 is 0 Å². The molecular formula is C23H30N4O3. The molecule has 3 rings (SSSR count). The molecule has 0 bridgehead atoms. The van der Waals surface area contributed by atoms with Gasteiger partial charge in [-0.15, -0.1) is 0 Å².